The van der Waals surface area contributed by atoms with E-state index in [1.165, 1.54) is 13.3 Å². The summed E-state index contributed by atoms with van der Waals surface area (Å²) in [5, 5.41) is 7.03. The average Bonchev–Trinajstić information content (AvgIpc) is 2.64. The Labute approximate surface area is 156 Å². The third-order valence-electron chi connectivity index (χ3n) is 3.81. The van der Waals surface area contributed by atoms with Crippen LogP contribution in [0.1, 0.15) is 22.8 Å². The topological polar surface area (TPSA) is 92.9 Å². The first-order valence-electron chi connectivity index (χ1n) is 8.00. The smallest absolute Gasteiger partial charge is 0.159 e. The number of Topliss-reactive ketones (excluding diaryl/α,β-unsaturated/α-hetero) is 1. The lowest BCUT2D eigenvalue weighted by Gasteiger charge is -2.13. The Morgan fingerprint density at radius 2 is 1.69 bits per heavy atom. The van der Waals surface area contributed by atoms with Gasteiger partial charge in [0, 0.05) is 22.8 Å². The van der Waals surface area contributed by atoms with Crippen LogP contribution < -0.4 is 16.4 Å². The Bertz CT molecular complexity index is 910. The van der Waals surface area contributed by atoms with Crippen LogP contribution in [0.5, 0.6) is 0 Å². The van der Waals surface area contributed by atoms with Gasteiger partial charge < -0.3 is 16.4 Å². The van der Waals surface area contributed by atoms with E-state index in [4.69, 9.17) is 17.3 Å². The summed E-state index contributed by atoms with van der Waals surface area (Å²) in [5.74, 6) is 1.05. The first-order valence-corrected chi connectivity index (χ1v) is 8.37. The average molecular weight is 368 g/mol. The molecule has 0 aliphatic rings. The third kappa shape index (κ3) is 4.29. The van der Waals surface area contributed by atoms with E-state index < -0.39 is 0 Å². The van der Waals surface area contributed by atoms with Crippen LogP contribution in [0.15, 0.2) is 54.9 Å². The molecule has 7 heteroatoms. The first-order chi connectivity index (χ1) is 12.5. The van der Waals surface area contributed by atoms with Gasteiger partial charge in [-0.25, -0.2) is 9.97 Å². The number of hydrogen-bond donors (Lipinski definition) is 3. The molecule has 0 atom stereocenters. The van der Waals surface area contributed by atoms with Gasteiger partial charge in [0.25, 0.3) is 0 Å². The molecule has 4 N–H and O–H groups in total. The molecule has 0 saturated carbocycles. The first kappa shape index (κ1) is 17.7. The van der Waals surface area contributed by atoms with Gasteiger partial charge in [0.05, 0.1) is 0 Å². The summed E-state index contributed by atoms with van der Waals surface area (Å²) < 4.78 is 0. The van der Waals surface area contributed by atoms with E-state index in [-0.39, 0.29) is 5.78 Å². The number of nitrogens with two attached hydrogens (primary N) is 1. The highest BCUT2D eigenvalue weighted by Crippen LogP contribution is 2.26. The number of carbonyl (C=O) groups excluding carboxylic acids is 1. The van der Waals surface area contributed by atoms with Crippen molar-refractivity contribution in [2.24, 2.45) is 0 Å². The van der Waals surface area contributed by atoms with E-state index in [1.807, 2.05) is 24.3 Å². The fraction of sp³-hybridized carbons (Fsp3) is 0.105. The molecule has 132 valence electrons. The summed E-state index contributed by atoms with van der Waals surface area (Å²) in [6, 6.07) is 14.6. The summed E-state index contributed by atoms with van der Waals surface area (Å²) >= 11 is 5.89. The van der Waals surface area contributed by atoms with Gasteiger partial charge in [-0.1, -0.05) is 23.7 Å². The maximum absolute atomic E-state index is 11.3. The van der Waals surface area contributed by atoms with Crippen molar-refractivity contribution in [2.75, 3.05) is 16.4 Å². The van der Waals surface area contributed by atoms with E-state index in [0.29, 0.717) is 34.5 Å². The van der Waals surface area contributed by atoms with E-state index >= 15 is 0 Å². The molecule has 26 heavy (non-hydrogen) atoms. The Morgan fingerprint density at radius 1 is 1.04 bits per heavy atom. The summed E-state index contributed by atoms with van der Waals surface area (Å²) in [7, 11) is 0. The number of carbonyl (C=O) groups is 1. The van der Waals surface area contributed by atoms with Crippen molar-refractivity contribution in [3.8, 4) is 0 Å². The predicted molar refractivity (Wildman–Crippen MR) is 105 cm³/mol. The van der Waals surface area contributed by atoms with Crippen LogP contribution in [-0.2, 0) is 6.54 Å². The normalized spacial score (nSPS) is 10.4. The minimum absolute atomic E-state index is 0.0202. The summed E-state index contributed by atoms with van der Waals surface area (Å²) in [4.78, 5) is 19.7. The molecule has 1 heterocycles. The second kappa shape index (κ2) is 7.84. The lowest BCUT2D eigenvalue weighted by atomic mass is 10.1. The number of halogens is 1. The van der Waals surface area contributed by atoms with Gasteiger partial charge >= 0.3 is 0 Å². The summed E-state index contributed by atoms with van der Waals surface area (Å²) in [6.45, 7) is 2.09. The summed E-state index contributed by atoms with van der Waals surface area (Å²) in [5.41, 5.74) is 9.07. The van der Waals surface area contributed by atoms with Gasteiger partial charge in [0.2, 0.25) is 0 Å². The number of nitrogen functional groups attached to an aromatic ring is 1. The molecule has 0 saturated heterocycles. The van der Waals surface area contributed by atoms with Crippen molar-refractivity contribution in [1.82, 2.24) is 9.97 Å². The summed E-state index contributed by atoms with van der Waals surface area (Å²) in [6.07, 6.45) is 1.44. The standard InChI is InChI=1S/C19H18ClN5O/c1-12(26)14-4-8-16(9-5-14)25-19-17(21)18(23-11-24-19)22-10-13-2-6-15(20)7-3-13/h2-9,11H,10,21H2,1H3,(H2,22,23,24,25). The van der Waals surface area contributed by atoms with Gasteiger partial charge in [0.15, 0.2) is 17.4 Å². The fourth-order valence-corrected chi connectivity index (χ4v) is 2.48. The largest absolute Gasteiger partial charge is 0.393 e. The molecular formula is C19H18ClN5O. The molecule has 0 fully saturated rings. The molecule has 0 bridgehead atoms. The van der Waals surface area contributed by atoms with Crippen molar-refractivity contribution < 1.29 is 4.79 Å². The Morgan fingerprint density at radius 3 is 2.35 bits per heavy atom. The maximum atomic E-state index is 11.3. The molecule has 1 aromatic heterocycles. The highest BCUT2D eigenvalue weighted by Gasteiger charge is 2.09. The Hall–Kier alpha value is -3.12. The number of nitrogens with zero attached hydrogens (tertiary/aromatic N) is 2. The van der Waals surface area contributed by atoms with Crippen molar-refractivity contribution in [1.29, 1.82) is 0 Å². The van der Waals surface area contributed by atoms with Crippen molar-refractivity contribution in [3.05, 3.63) is 71.0 Å². The minimum atomic E-state index is 0.0202. The molecule has 0 unspecified atom stereocenters. The zero-order valence-corrected chi connectivity index (χ0v) is 14.9. The fourth-order valence-electron chi connectivity index (χ4n) is 2.35. The number of nitrogens with one attached hydrogen (secondary N) is 2. The molecule has 0 radical (unpaired) electrons. The van der Waals surface area contributed by atoms with E-state index in [0.717, 1.165) is 11.3 Å². The molecule has 0 aliphatic carbocycles. The van der Waals surface area contributed by atoms with Crippen molar-refractivity contribution >= 4 is 40.4 Å². The highest BCUT2D eigenvalue weighted by atomic mass is 35.5. The van der Waals surface area contributed by atoms with Gasteiger partial charge in [0.1, 0.15) is 12.0 Å². The lowest BCUT2D eigenvalue weighted by molar-refractivity contribution is 0.101. The number of ketones is 1. The van der Waals surface area contributed by atoms with Crippen LogP contribution in [0.2, 0.25) is 5.02 Å². The lowest BCUT2D eigenvalue weighted by Crippen LogP contribution is -2.08. The van der Waals surface area contributed by atoms with E-state index in [1.54, 1.807) is 24.3 Å². The third-order valence-corrected chi connectivity index (χ3v) is 4.06. The number of rotatable bonds is 6. The Kier molecular flexibility index (Phi) is 5.34. The number of benzene rings is 2. The zero-order valence-electron chi connectivity index (χ0n) is 14.2. The SMILES string of the molecule is CC(=O)c1ccc(Nc2ncnc(NCc3ccc(Cl)cc3)c2N)cc1. The Balaban J connectivity index is 1.72. The molecule has 2 aromatic carbocycles. The monoisotopic (exact) mass is 367 g/mol. The number of aromatic nitrogens is 2. The molecule has 3 aromatic rings. The van der Waals surface area contributed by atoms with Crippen molar-refractivity contribution in [3.63, 3.8) is 0 Å². The molecule has 0 aliphatic heterocycles. The predicted octanol–water partition coefficient (Wildman–Crippen LogP) is 4.27. The van der Waals surface area contributed by atoms with Crippen LogP contribution in [0.4, 0.5) is 23.0 Å². The molecule has 0 amide bonds. The number of anilines is 4. The molecule has 6 nitrogen and oxygen atoms in total. The van der Waals surface area contributed by atoms with Crippen LogP contribution in [0.25, 0.3) is 0 Å². The van der Waals surface area contributed by atoms with Crippen molar-refractivity contribution in [2.45, 2.75) is 13.5 Å². The van der Waals surface area contributed by atoms with Crippen LogP contribution >= 0.6 is 11.6 Å². The van der Waals surface area contributed by atoms with Gasteiger partial charge in [-0.05, 0) is 48.9 Å². The second-order valence-corrected chi connectivity index (χ2v) is 6.16. The van der Waals surface area contributed by atoms with Gasteiger partial charge in [-0.2, -0.15) is 0 Å². The maximum Gasteiger partial charge on any atom is 0.159 e. The quantitative estimate of drug-likeness (QED) is 0.563. The molecule has 3 rings (SSSR count). The highest BCUT2D eigenvalue weighted by molar-refractivity contribution is 6.30. The van der Waals surface area contributed by atoms with E-state index in [2.05, 4.69) is 20.6 Å². The molecule has 0 spiro atoms. The number of hydrogen-bond acceptors (Lipinski definition) is 6. The van der Waals surface area contributed by atoms with Gasteiger partial charge in [-0.3, -0.25) is 4.79 Å². The van der Waals surface area contributed by atoms with E-state index in [9.17, 15) is 4.79 Å². The zero-order chi connectivity index (χ0) is 18.5. The second-order valence-electron chi connectivity index (χ2n) is 5.72. The van der Waals surface area contributed by atoms with Crippen LogP contribution in [-0.4, -0.2) is 15.8 Å². The molecular weight excluding hydrogens is 350 g/mol. The van der Waals surface area contributed by atoms with Crippen LogP contribution in [0, 0.1) is 0 Å². The minimum Gasteiger partial charge on any atom is -0.393 e. The van der Waals surface area contributed by atoms with Crippen LogP contribution in [0.3, 0.4) is 0 Å². The van der Waals surface area contributed by atoms with Gasteiger partial charge in [-0.15, -0.1) is 0 Å².